The van der Waals surface area contributed by atoms with Crippen LogP contribution in [0.3, 0.4) is 0 Å². The number of hydrogen-bond acceptors (Lipinski definition) is 2. The maximum absolute atomic E-state index is 10.3. The Kier molecular flexibility index (Phi) is 4.41. The van der Waals surface area contributed by atoms with Crippen molar-refractivity contribution in [1.82, 2.24) is 5.32 Å². The zero-order chi connectivity index (χ0) is 18.8. The first-order valence-electron chi connectivity index (χ1n) is 11.7. The largest absolute Gasteiger partial charge is 0.393 e. The molecule has 2 N–H and O–H groups in total. The fraction of sp³-hybridized carbons (Fsp3) is 0.840. The molecule has 5 aliphatic rings. The van der Waals surface area contributed by atoms with Crippen LogP contribution in [-0.4, -0.2) is 24.3 Å². The number of rotatable bonds is 1. The van der Waals surface area contributed by atoms with Crippen LogP contribution in [0.1, 0.15) is 72.1 Å². The molecular formula is C25H39NO. The number of aliphatic hydroxyl groups excluding tert-OH is 1. The van der Waals surface area contributed by atoms with E-state index in [-0.39, 0.29) is 6.10 Å². The summed E-state index contributed by atoms with van der Waals surface area (Å²) in [6, 6.07) is 0. The molecule has 1 saturated heterocycles. The van der Waals surface area contributed by atoms with E-state index in [4.69, 9.17) is 0 Å². The molecule has 3 unspecified atom stereocenters. The summed E-state index contributed by atoms with van der Waals surface area (Å²) >= 11 is 0. The summed E-state index contributed by atoms with van der Waals surface area (Å²) in [6.07, 6.45) is 15.2. The minimum atomic E-state index is -0.0968. The Morgan fingerprint density at radius 2 is 1.89 bits per heavy atom. The van der Waals surface area contributed by atoms with Gasteiger partial charge < -0.3 is 10.4 Å². The third-order valence-corrected chi connectivity index (χ3v) is 9.79. The number of hydrogen-bond donors (Lipinski definition) is 2. The first-order chi connectivity index (χ1) is 12.9. The number of nitrogens with one attached hydrogen (secondary N) is 1. The Balaban J connectivity index is 1.46. The van der Waals surface area contributed by atoms with Gasteiger partial charge in [0.15, 0.2) is 0 Å². The minimum Gasteiger partial charge on any atom is -0.393 e. The zero-order valence-electron chi connectivity index (χ0n) is 17.6. The highest BCUT2D eigenvalue weighted by atomic mass is 16.3. The van der Waals surface area contributed by atoms with Gasteiger partial charge in [0.05, 0.1) is 6.10 Å². The van der Waals surface area contributed by atoms with Gasteiger partial charge in [0.1, 0.15) is 0 Å². The summed E-state index contributed by atoms with van der Waals surface area (Å²) < 4.78 is 0. The highest BCUT2D eigenvalue weighted by molar-refractivity contribution is 5.32. The summed E-state index contributed by atoms with van der Waals surface area (Å²) in [4.78, 5) is 0. The molecule has 4 aliphatic carbocycles. The molecular weight excluding hydrogens is 330 g/mol. The molecule has 5 rings (SSSR count). The zero-order valence-corrected chi connectivity index (χ0v) is 17.6. The van der Waals surface area contributed by atoms with Crippen molar-refractivity contribution in [2.45, 2.75) is 78.2 Å². The molecule has 1 heterocycles. The van der Waals surface area contributed by atoms with Crippen LogP contribution in [-0.2, 0) is 0 Å². The Morgan fingerprint density at radius 1 is 1.07 bits per heavy atom. The van der Waals surface area contributed by atoms with Gasteiger partial charge in [-0.1, -0.05) is 44.1 Å². The molecule has 8 atom stereocenters. The topological polar surface area (TPSA) is 32.3 Å². The highest BCUT2D eigenvalue weighted by Crippen LogP contribution is 2.66. The van der Waals surface area contributed by atoms with Crippen molar-refractivity contribution in [2.75, 3.05) is 13.1 Å². The van der Waals surface area contributed by atoms with Gasteiger partial charge in [0.25, 0.3) is 0 Å². The van der Waals surface area contributed by atoms with E-state index in [2.05, 4.69) is 38.2 Å². The normalized spacial score (nSPS) is 52.3. The quantitative estimate of drug-likeness (QED) is 0.631. The van der Waals surface area contributed by atoms with Crippen LogP contribution >= 0.6 is 0 Å². The molecule has 2 heteroatoms. The third kappa shape index (κ3) is 2.65. The molecule has 1 aliphatic heterocycles. The molecule has 0 radical (unpaired) electrons. The van der Waals surface area contributed by atoms with E-state index in [9.17, 15) is 5.11 Å². The average Bonchev–Trinajstić information content (AvgIpc) is 3.01. The third-order valence-electron chi connectivity index (χ3n) is 9.79. The van der Waals surface area contributed by atoms with Crippen LogP contribution in [0.4, 0.5) is 0 Å². The number of fused-ring (bicyclic) bond motifs is 5. The van der Waals surface area contributed by atoms with Crippen molar-refractivity contribution < 1.29 is 5.11 Å². The monoisotopic (exact) mass is 369 g/mol. The van der Waals surface area contributed by atoms with E-state index in [0.717, 1.165) is 36.5 Å². The molecule has 0 aromatic rings. The van der Waals surface area contributed by atoms with E-state index in [1.165, 1.54) is 51.6 Å². The smallest absolute Gasteiger partial charge is 0.0577 e. The SMILES string of the molecule is CC1C=C2CC(O)CC[C@]2(C)[C@@H]2CC[C@]3(C)C(C4CCCNC4)=CC[C@H]3[C@H]12. The van der Waals surface area contributed by atoms with Gasteiger partial charge >= 0.3 is 0 Å². The van der Waals surface area contributed by atoms with Crippen LogP contribution in [0.5, 0.6) is 0 Å². The summed E-state index contributed by atoms with van der Waals surface area (Å²) in [5.41, 5.74) is 4.22. The van der Waals surface area contributed by atoms with Gasteiger partial charge in [-0.05, 0) is 98.3 Å². The number of allylic oxidation sites excluding steroid dienone is 2. The lowest BCUT2D eigenvalue weighted by atomic mass is 9.45. The second-order valence-corrected chi connectivity index (χ2v) is 11.1. The van der Waals surface area contributed by atoms with Crippen molar-refractivity contribution in [2.24, 2.45) is 40.4 Å². The lowest BCUT2D eigenvalue weighted by molar-refractivity contribution is -0.0502. The Bertz CT molecular complexity index is 659. The minimum absolute atomic E-state index is 0.0968. The lowest BCUT2D eigenvalue weighted by Crippen LogP contribution is -2.53. The van der Waals surface area contributed by atoms with Crippen LogP contribution in [0.2, 0.25) is 0 Å². The molecule has 0 amide bonds. The van der Waals surface area contributed by atoms with Gasteiger partial charge in [-0.25, -0.2) is 0 Å². The van der Waals surface area contributed by atoms with Crippen molar-refractivity contribution in [3.05, 3.63) is 23.3 Å². The maximum atomic E-state index is 10.3. The summed E-state index contributed by atoms with van der Waals surface area (Å²) in [5.74, 6) is 3.96. The van der Waals surface area contributed by atoms with Crippen LogP contribution in [0, 0.1) is 40.4 Å². The van der Waals surface area contributed by atoms with Crippen molar-refractivity contribution in [3.8, 4) is 0 Å². The van der Waals surface area contributed by atoms with Gasteiger partial charge in [-0.3, -0.25) is 0 Å². The Hall–Kier alpha value is -0.600. The maximum Gasteiger partial charge on any atom is 0.0577 e. The molecule has 0 bridgehead atoms. The van der Waals surface area contributed by atoms with Gasteiger partial charge in [0, 0.05) is 6.54 Å². The van der Waals surface area contributed by atoms with Crippen LogP contribution in [0.25, 0.3) is 0 Å². The van der Waals surface area contributed by atoms with Crippen LogP contribution < -0.4 is 5.32 Å². The van der Waals surface area contributed by atoms with E-state index in [1.54, 1.807) is 5.57 Å². The first-order valence-corrected chi connectivity index (χ1v) is 11.7. The van der Waals surface area contributed by atoms with E-state index >= 15 is 0 Å². The Labute approximate surface area is 165 Å². The molecule has 3 fully saturated rings. The van der Waals surface area contributed by atoms with Crippen molar-refractivity contribution in [3.63, 3.8) is 0 Å². The molecule has 2 nitrogen and oxygen atoms in total. The first kappa shape index (κ1) is 18.4. The fourth-order valence-electron chi connectivity index (χ4n) is 8.35. The Morgan fingerprint density at radius 3 is 2.67 bits per heavy atom. The molecule has 150 valence electrons. The lowest BCUT2D eigenvalue weighted by Gasteiger charge is -2.60. The highest BCUT2D eigenvalue weighted by Gasteiger charge is 2.58. The average molecular weight is 370 g/mol. The summed E-state index contributed by atoms with van der Waals surface area (Å²) in [5, 5.41) is 13.9. The molecule has 2 saturated carbocycles. The van der Waals surface area contributed by atoms with Crippen molar-refractivity contribution >= 4 is 0 Å². The van der Waals surface area contributed by atoms with Gasteiger partial charge in [0.2, 0.25) is 0 Å². The predicted octanol–water partition coefficient (Wildman–Crippen LogP) is 5.09. The second-order valence-electron chi connectivity index (χ2n) is 11.1. The molecule has 0 aromatic carbocycles. The van der Waals surface area contributed by atoms with E-state index in [1.807, 2.05) is 5.57 Å². The van der Waals surface area contributed by atoms with E-state index in [0.29, 0.717) is 16.7 Å². The number of piperidine rings is 1. The standard InChI is InChI=1S/C25H39NO/c1-16-13-18-14-19(27)8-10-24(18,2)22-9-11-25(3)20(6-7-21(25)23(16)22)17-5-4-12-26-15-17/h6,13,16-17,19,21-23,26-27H,4-5,7-12,14-15H2,1-3H3/t16?,17?,19?,21-,22+,23-,24-,25+/m0/s1. The van der Waals surface area contributed by atoms with E-state index < -0.39 is 0 Å². The number of aliphatic hydroxyl groups is 1. The second kappa shape index (κ2) is 6.46. The summed E-state index contributed by atoms with van der Waals surface area (Å²) in [7, 11) is 0. The van der Waals surface area contributed by atoms with Gasteiger partial charge in [-0.2, -0.15) is 0 Å². The predicted molar refractivity (Wildman–Crippen MR) is 111 cm³/mol. The van der Waals surface area contributed by atoms with Crippen LogP contribution in [0.15, 0.2) is 23.3 Å². The summed E-state index contributed by atoms with van der Waals surface area (Å²) in [6.45, 7) is 10.1. The fourth-order valence-corrected chi connectivity index (χ4v) is 8.35. The molecule has 0 spiro atoms. The van der Waals surface area contributed by atoms with Crippen molar-refractivity contribution in [1.29, 1.82) is 0 Å². The molecule has 27 heavy (non-hydrogen) atoms. The molecule has 0 aromatic heterocycles. The van der Waals surface area contributed by atoms with Gasteiger partial charge in [-0.15, -0.1) is 0 Å².